The quantitative estimate of drug-likeness (QED) is 0.704. The lowest BCUT2D eigenvalue weighted by atomic mass is 10.1. The molecule has 2 aromatic rings. The van der Waals surface area contributed by atoms with Crippen molar-refractivity contribution in [3.05, 3.63) is 30.2 Å². The first-order valence-electron chi connectivity index (χ1n) is 8.03. The molecular weight excluding hydrogens is 378 g/mol. The number of hydrogen-bond donors (Lipinski definition) is 1. The third-order valence-electron chi connectivity index (χ3n) is 3.94. The van der Waals surface area contributed by atoms with Crippen molar-refractivity contribution < 1.29 is 22.4 Å². The topological polar surface area (TPSA) is 111 Å². The summed E-state index contributed by atoms with van der Waals surface area (Å²) in [7, 11) is -1.34. The van der Waals surface area contributed by atoms with Gasteiger partial charge >= 0.3 is 0 Å². The fourth-order valence-electron chi connectivity index (χ4n) is 2.66. The van der Waals surface area contributed by atoms with Gasteiger partial charge in [0.25, 0.3) is 5.22 Å². The molecule has 0 unspecified atom stereocenters. The maximum atomic E-state index is 12.0. The number of anilines is 1. The van der Waals surface area contributed by atoms with Gasteiger partial charge in [0.1, 0.15) is 5.75 Å². The van der Waals surface area contributed by atoms with E-state index in [9.17, 15) is 13.2 Å². The normalized spacial score (nSPS) is 18.6. The molecule has 0 bridgehead atoms. The number of amides is 1. The fraction of sp³-hybridized carbons (Fsp3) is 0.438. The maximum absolute atomic E-state index is 12.0. The molecule has 1 amide bonds. The van der Waals surface area contributed by atoms with E-state index in [0.717, 1.165) is 11.8 Å². The van der Waals surface area contributed by atoms with Gasteiger partial charge in [-0.1, -0.05) is 11.8 Å². The molecule has 8 nitrogen and oxygen atoms in total. The monoisotopic (exact) mass is 397 g/mol. The number of rotatable bonds is 7. The Bertz CT molecular complexity index is 864. The summed E-state index contributed by atoms with van der Waals surface area (Å²) in [5.41, 5.74) is 0.671. The summed E-state index contributed by atoms with van der Waals surface area (Å²) in [6.07, 6.45) is 1.07. The van der Waals surface area contributed by atoms with Gasteiger partial charge < -0.3 is 14.5 Å². The lowest BCUT2D eigenvalue weighted by molar-refractivity contribution is -0.113. The molecule has 1 saturated heterocycles. The van der Waals surface area contributed by atoms with Gasteiger partial charge in [-0.15, -0.1) is 10.2 Å². The molecule has 1 aromatic heterocycles. The molecule has 140 valence electrons. The van der Waals surface area contributed by atoms with E-state index >= 15 is 0 Å². The number of thioether (sulfide) groups is 1. The Labute approximate surface area is 155 Å². The zero-order chi connectivity index (χ0) is 18.6. The Balaban J connectivity index is 1.46. The lowest BCUT2D eigenvalue weighted by Gasteiger charge is -2.05. The predicted molar refractivity (Wildman–Crippen MR) is 97.1 cm³/mol. The molecule has 2 heterocycles. The molecule has 1 aromatic carbocycles. The van der Waals surface area contributed by atoms with Crippen molar-refractivity contribution in [1.82, 2.24) is 10.2 Å². The number of nitrogens with one attached hydrogen (secondary N) is 1. The van der Waals surface area contributed by atoms with Crippen LogP contribution in [0.1, 0.15) is 12.3 Å². The van der Waals surface area contributed by atoms with Gasteiger partial charge in [-0.2, -0.15) is 0 Å². The number of sulfone groups is 1. The number of benzene rings is 1. The van der Waals surface area contributed by atoms with E-state index in [4.69, 9.17) is 9.15 Å². The zero-order valence-electron chi connectivity index (χ0n) is 14.2. The van der Waals surface area contributed by atoms with Crippen LogP contribution in [-0.4, -0.2) is 48.9 Å². The minimum absolute atomic E-state index is 0.0247. The van der Waals surface area contributed by atoms with Crippen LogP contribution in [0, 0.1) is 5.92 Å². The van der Waals surface area contributed by atoms with Crippen molar-refractivity contribution in [3.63, 3.8) is 0 Å². The van der Waals surface area contributed by atoms with E-state index in [-0.39, 0.29) is 29.1 Å². The summed E-state index contributed by atoms with van der Waals surface area (Å²) < 4.78 is 33.5. The van der Waals surface area contributed by atoms with Gasteiger partial charge in [-0.3, -0.25) is 4.79 Å². The van der Waals surface area contributed by atoms with Crippen LogP contribution in [0.5, 0.6) is 5.75 Å². The highest BCUT2D eigenvalue weighted by molar-refractivity contribution is 7.99. The summed E-state index contributed by atoms with van der Waals surface area (Å²) in [4.78, 5) is 12.0. The van der Waals surface area contributed by atoms with E-state index in [0.29, 0.717) is 35.4 Å². The Morgan fingerprint density at radius 3 is 2.77 bits per heavy atom. The molecule has 0 radical (unpaired) electrons. The van der Waals surface area contributed by atoms with Crippen LogP contribution in [0.2, 0.25) is 0 Å². The SMILES string of the molecule is COc1ccc(NC(=O)CSc2nnc(C[C@H]3CCS(=O)(=O)C3)o2)cc1. The maximum Gasteiger partial charge on any atom is 0.277 e. The first-order chi connectivity index (χ1) is 12.4. The van der Waals surface area contributed by atoms with Gasteiger partial charge in [0.05, 0.1) is 24.4 Å². The second kappa shape index (κ2) is 8.09. The van der Waals surface area contributed by atoms with Gasteiger partial charge in [0, 0.05) is 12.1 Å². The minimum Gasteiger partial charge on any atom is -0.497 e. The first kappa shape index (κ1) is 18.7. The second-order valence-corrected chi connectivity index (χ2v) is 9.16. The van der Waals surface area contributed by atoms with Crippen LogP contribution in [0.25, 0.3) is 0 Å². The van der Waals surface area contributed by atoms with Crippen molar-refractivity contribution in [2.45, 2.75) is 18.1 Å². The van der Waals surface area contributed by atoms with Crippen molar-refractivity contribution >= 4 is 33.2 Å². The average Bonchev–Trinajstić information content (AvgIpc) is 3.20. The van der Waals surface area contributed by atoms with Gasteiger partial charge in [-0.05, 0) is 36.6 Å². The van der Waals surface area contributed by atoms with Crippen LogP contribution in [0.3, 0.4) is 0 Å². The Morgan fingerprint density at radius 1 is 1.35 bits per heavy atom. The number of hydrogen-bond acceptors (Lipinski definition) is 8. The minimum atomic E-state index is -2.92. The highest BCUT2D eigenvalue weighted by atomic mass is 32.2. The molecule has 10 heteroatoms. The number of carbonyl (C=O) groups excluding carboxylic acids is 1. The van der Waals surface area contributed by atoms with Crippen molar-refractivity contribution in [3.8, 4) is 5.75 Å². The number of nitrogens with zero attached hydrogens (tertiary/aromatic N) is 2. The van der Waals surface area contributed by atoms with Crippen LogP contribution >= 0.6 is 11.8 Å². The van der Waals surface area contributed by atoms with Crippen molar-refractivity contribution in [1.29, 1.82) is 0 Å². The van der Waals surface area contributed by atoms with Crippen LogP contribution in [-0.2, 0) is 21.1 Å². The molecule has 26 heavy (non-hydrogen) atoms. The highest BCUT2D eigenvalue weighted by Crippen LogP contribution is 2.24. The molecule has 0 saturated carbocycles. The Hall–Kier alpha value is -2.07. The standard InChI is InChI=1S/C16H19N3O5S2/c1-23-13-4-2-12(3-5-13)17-14(20)9-25-16-19-18-15(24-16)8-11-6-7-26(21,22)10-11/h2-5,11H,6-10H2,1H3,(H,17,20)/t11-/m1/s1. The first-order valence-corrected chi connectivity index (χ1v) is 10.8. The summed E-state index contributed by atoms with van der Waals surface area (Å²) in [5.74, 6) is 1.47. The van der Waals surface area contributed by atoms with Crippen LogP contribution in [0.15, 0.2) is 33.9 Å². The zero-order valence-corrected chi connectivity index (χ0v) is 15.8. The molecule has 1 fully saturated rings. The van der Waals surface area contributed by atoms with Crippen molar-refractivity contribution in [2.75, 3.05) is 29.7 Å². The molecular formula is C16H19N3O5S2. The molecule has 1 atom stereocenters. The number of carbonyl (C=O) groups is 1. The van der Waals surface area contributed by atoms with Gasteiger partial charge in [0.2, 0.25) is 11.8 Å². The smallest absolute Gasteiger partial charge is 0.277 e. The van der Waals surface area contributed by atoms with Gasteiger partial charge in [-0.25, -0.2) is 8.42 Å². The molecule has 3 rings (SSSR count). The second-order valence-electron chi connectivity index (χ2n) is 6.00. The highest BCUT2D eigenvalue weighted by Gasteiger charge is 2.29. The van der Waals surface area contributed by atoms with E-state index in [1.165, 1.54) is 0 Å². The Morgan fingerprint density at radius 2 is 2.12 bits per heavy atom. The van der Waals surface area contributed by atoms with E-state index in [1.54, 1.807) is 31.4 Å². The molecule has 1 aliphatic heterocycles. The molecule has 0 spiro atoms. The van der Waals surface area contributed by atoms with E-state index in [2.05, 4.69) is 15.5 Å². The largest absolute Gasteiger partial charge is 0.497 e. The molecule has 1 aliphatic rings. The van der Waals surface area contributed by atoms with Crippen LogP contribution in [0.4, 0.5) is 5.69 Å². The van der Waals surface area contributed by atoms with E-state index < -0.39 is 9.84 Å². The summed E-state index contributed by atoms with van der Waals surface area (Å²) in [5, 5.41) is 10.9. The molecule has 0 aliphatic carbocycles. The van der Waals surface area contributed by atoms with Crippen molar-refractivity contribution in [2.24, 2.45) is 5.92 Å². The average molecular weight is 397 g/mol. The number of aromatic nitrogens is 2. The number of ether oxygens (including phenoxy) is 1. The third-order valence-corrected chi connectivity index (χ3v) is 6.59. The van der Waals surface area contributed by atoms with Crippen LogP contribution < -0.4 is 10.1 Å². The summed E-state index contributed by atoms with van der Waals surface area (Å²) >= 11 is 1.14. The molecule has 1 N–H and O–H groups in total. The third kappa shape index (κ3) is 5.21. The summed E-state index contributed by atoms with van der Waals surface area (Å²) in [6.45, 7) is 0. The lowest BCUT2D eigenvalue weighted by Crippen LogP contribution is -2.13. The predicted octanol–water partition coefficient (Wildman–Crippen LogP) is 1.79. The fourth-order valence-corrected chi connectivity index (χ4v) is 5.10. The summed E-state index contributed by atoms with van der Waals surface area (Å²) in [6, 6.07) is 7.02. The van der Waals surface area contributed by atoms with E-state index in [1.807, 2.05) is 0 Å². The number of methoxy groups -OCH3 is 1. The van der Waals surface area contributed by atoms with Gasteiger partial charge in [0.15, 0.2) is 9.84 Å². The Kier molecular flexibility index (Phi) is 5.82.